The van der Waals surface area contributed by atoms with Crippen LogP contribution in [0.1, 0.15) is 57.8 Å². The van der Waals surface area contributed by atoms with Crippen molar-refractivity contribution in [2.24, 2.45) is 11.8 Å². The van der Waals surface area contributed by atoms with Gasteiger partial charge in [0.2, 0.25) is 0 Å². The van der Waals surface area contributed by atoms with E-state index in [1.807, 2.05) is 0 Å². The third kappa shape index (κ3) is 2.53. The minimum absolute atomic E-state index is 0.162. The first-order valence-corrected chi connectivity index (χ1v) is 8.82. The fourth-order valence-corrected chi connectivity index (χ4v) is 5.23. The zero-order valence-corrected chi connectivity index (χ0v) is 12.6. The van der Waals surface area contributed by atoms with Gasteiger partial charge in [-0.3, -0.25) is 0 Å². The number of hydrogen-bond donors (Lipinski definition) is 1. The molecule has 0 amide bonds. The summed E-state index contributed by atoms with van der Waals surface area (Å²) in [7, 11) is 0. The van der Waals surface area contributed by atoms with E-state index in [1.54, 1.807) is 0 Å². The molecular formula is C17H29NO2. The van der Waals surface area contributed by atoms with Crippen LogP contribution in [-0.4, -0.2) is 37.5 Å². The van der Waals surface area contributed by atoms with Crippen molar-refractivity contribution in [1.82, 2.24) is 5.32 Å². The first kappa shape index (κ1) is 13.5. The van der Waals surface area contributed by atoms with Crippen molar-refractivity contribution < 1.29 is 9.47 Å². The smallest absolute Gasteiger partial charge is 0.0729 e. The molecule has 3 heteroatoms. The lowest BCUT2D eigenvalue weighted by atomic mass is 9.74. The molecule has 1 saturated carbocycles. The Morgan fingerprint density at radius 1 is 0.800 bits per heavy atom. The molecule has 1 spiro atoms. The molecule has 4 unspecified atom stereocenters. The van der Waals surface area contributed by atoms with Crippen molar-refractivity contribution >= 4 is 0 Å². The van der Waals surface area contributed by atoms with Gasteiger partial charge in [0.1, 0.15) is 0 Å². The molecule has 3 heterocycles. The van der Waals surface area contributed by atoms with Crippen LogP contribution < -0.4 is 5.32 Å². The number of ether oxygens (including phenoxy) is 2. The molecule has 4 atom stereocenters. The number of hydrogen-bond acceptors (Lipinski definition) is 3. The zero-order chi connectivity index (χ0) is 13.4. The van der Waals surface area contributed by atoms with Crippen molar-refractivity contribution in [2.45, 2.75) is 75.5 Å². The molecule has 3 saturated heterocycles. The zero-order valence-electron chi connectivity index (χ0n) is 12.6. The van der Waals surface area contributed by atoms with Gasteiger partial charge in [-0.15, -0.1) is 0 Å². The molecule has 0 bridgehead atoms. The molecule has 0 aromatic heterocycles. The molecular weight excluding hydrogens is 250 g/mol. The van der Waals surface area contributed by atoms with E-state index in [4.69, 9.17) is 9.47 Å². The topological polar surface area (TPSA) is 30.5 Å². The molecule has 1 N–H and O–H groups in total. The highest BCUT2D eigenvalue weighted by molar-refractivity contribution is 4.97. The van der Waals surface area contributed by atoms with E-state index in [2.05, 4.69) is 5.32 Å². The fraction of sp³-hybridized carbons (Fsp3) is 1.00. The van der Waals surface area contributed by atoms with Crippen LogP contribution in [0.25, 0.3) is 0 Å². The Labute approximate surface area is 122 Å². The summed E-state index contributed by atoms with van der Waals surface area (Å²) >= 11 is 0. The molecule has 0 aromatic rings. The van der Waals surface area contributed by atoms with Crippen LogP contribution in [0.4, 0.5) is 0 Å². The quantitative estimate of drug-likeness (QED) is 0.800. The molecule has 3 nitrogen and oxygen atoms in total. The van der Waals surface area contributed by atoms with Gasteiger partial charge < -0.3 is 14.8 Å². The first-order chi connectivity index (χ1) is 9.85. The number of nitrogens with one attached hydrogen (secondary N) is 1. The second-order valence-corrected chi connectivity index (χ2v) is 7.54. The van der Waals surface area contributed by atoms with E-state index >= 15 is 0 Å². The maximum Gasteiger partial charge on any atom is 0.0729 e. The summed E-state index contributed by atoms with van der Waals surface area (Å²) in [4.78, 5) is 0. The highest BCUT2D eigenvalue weighted by Crippen LogP contribution is 2.42. The van der Waals surface area contributed by atoms with E-state index in [0.29, 0.717) is 0 Å². The Bertz CT molecular complexity index is 334. The first-order valence-electron chi connectivity index (χ1n) is 8.82. The Morgan fingerprint density at radius 2 is 1.65 bits per heavy atom. The SMILES string of the molecule is C1CC2CCC(C3CCOC4(CCOCC4)C3)NC2C1. The molecule has 20 heavy (non-hydrogen) atoms. The fourth-order valence-electron chi connectivity index (χ4n) is 5.23. The van der Waals surface area contributed by atoms with Crippen molar-refractivity contribution in [3.8, 4) is 0 Å². The predicted molar refractivity (Wildman–Crippen MR) is 78.7 cm³/mol. The van der Waals surface area contributed by atoms with Crippen LogP contribution in [0.2, 0.25) is 0 Å². The lowest BCUT2D eigenvalue weighted by Gasteiger charge is -2.47. The third-order valence-electron chi connectivity index (χ3n) is 6.44. The van der Waals surface area contributed by atoms with Gasteiger partial charge in [0.05, 0.1) is 5.60 Å². The van der Waals surface area contributed by atoms with Crippen LogP contribution in [0, 0.1) is 11.8 Å². The van der Waals surface area contributed by atoms with E-state index in [0.717, 1.165) is 56.6 Å². The van der Waals surface area contributed by atoms with Crippen LogP contribution in [-0.2, 0) is 9.47 Å². The second-order valence-electron chi connectivity index (χ2n) is 7.54. The van der Waals surface area contributed by atoms with E-state index in [9.17, 15) is 0 Å². The van der Waals surface area contributed by atoms with Gasteiger partial charge in [-0.05, 0) is 63.2 Å². The van der Waals surface area contributed by atoms with E-state index in [-0.39, 0.29) is 5.60 Å². The lowest BCUT2D eigenvalue weighted by molar-refractivity contribution is -0.151. The largest absolute Gasteiger partial charge is 0.381 e. The van der Waals surface area contributed by atoms with E-state index < -0.39 is 0 Å². The average Bonchev–Trinajstić information content (AvgIpc) is 2.95. The molecule has 114 valence electrons. The van der Waals surface area contributed by atoms with Gasteiger partial charge in [-0.25, -0.2) is 0 Å². The minimum atomic E-state index is 0.162. The lowest BCUT2D eigenvalue weighted by Crippen LogP contribution is -2.53. The maximum absolute atomic E-state index is 6.21. The molecule has 0 radical (unpaired) electrons. The van der Waals surface area contributed by atoms with E-state index in [1.165, 1.54) is 44.9 Å². The molecule has 4 fully saturated rings. The van der Waals surface area contributed by atoms with Crippen molar-refractivity contribution in [3.05, 3.63) is 0 Å². The van der Waals surface area contributed by atoms with Crippen LogP contribution in [0.5, 0.6) is 0 Å². The standard InChI is InChI=1S/C17H29NO2/c1-2-13-4-5-16(18-15(13)3-1)14-6-9-20-17(12-14)7-10-19-11-8-17/h13-16,18H,1-12H2. The summed E-state index contributed by atoms with van der Waals surface area (Å²) in [6, 6.07) is 1.60. The van der Waals surface area contributed by atoms with Gasteiger partial charge >= 0.3 is 0 Å². The summed E-state index contributed by atoms with van der Waals surface area (Å²) in [6.45, 7) is 2.77. The van der Waals surface area contributed by atoms with Gasteiger partial charge in [0.25, 0.3) is 0 Å². The highest BCUT2D eigenvalue weighted by Gasteiger charge is 2.43. The second kappa shape index (κ2) is 5.58. The summed E-state index contributed by atoms with van der Waals surface area (Å²) < 4.78 is 11.7. The Kier molecular flexibility index (Phi) is 3.78. The van der Waals surface area contributed by atoms with Crippen LogP contribution >= 0.6 is 0 Å². The summed E-state index contributed by atoms with van der Waals surface area (Å²) in [5.41, 5.74) is 0.162. The molecule has 0 aromatic carbocycles. The number of rotatable bonds is 1. The highest BCUT2D eigenvalue weighted by atomic mass is 16.5. The summed E-state index contributed by atoms with van der Waals surface area (Å²) in [6.07, 6.45) is 12.0. The monoisotopic (exact) mass is 279 g/mol. The van der Waals surface area contributed by atoms with Crippen LogP contribution in [0.15, 0.2) is 0 Å². The van der Waals surface area contributed by atoms with Gasteiger partial charge in [-0.1, -0.05) is 6.42 Å². The minimum Gasteiger partial charge on any atom is -0.381 e. The Morgan fingerprint density at radius 3 is 2.55 bits per heavy atom. The maximum atomic E-state index is 6.21. The number of fused-ring (bicyclic) bond motifs is 1. The number of piperidine rings is 1. The molecule has 1 aliphatic carbocycles. The van der Waals surface area contributed by atoms with Crippen molar-refractivity contribution in [3.63, 3.8) is 0 Å². The third-order valence-corrected chi connectivity index (χ3v) is 6.44. The molecule has 4 rings (SSSR count). The van der Waals surface area contributed by atoms with Crippen LogP contribution in [0.3, 0.4) is 0 Å². The normalized spacial score (nSPS) is 44.4. The predicted octanol–water partition coefficient (Wildman–Crippen LogP) is 2.88. The van der Waals surface area contributed by atoms with Crippen molar-refractivity contribution in [1.29, 1.82) is 0 Å². The van der Waals surface area contributed by atoms with Gasteiger partial charge in [0.15, 0.2) is 0 Å². The molecule has 3 aliphatic heterocycles. The van der Waals surface area contributed by atoms with Gasteiger partial charge in [0, 0.05) is 31.9 Å². The Balaban J connectivity index is 1.40. The average molecular weight is 279 g/mol. The van der Waals surface area contributed by atoms with Gasteiger partial charge in [-0.2, -0.15) is 0 Å². The Hall–Kier alpha value is -0.120. The summed E-state index contributed by atoms with van der Waals surface area (Å²) in [5, 5.41) is 4.02. The van der Waals surface area contributed by atoms with Crippen molar-refractivity contribution in [2.75, 3.05) is 19.8 Å². The summed E-state index contributed by atoms with van der Waals surface area (Å²) in [5.74, 6) is 1.83. The molecule has 4 aliphatic rings.